The SMILES string of the molecule is CON(C)C(=O)c1ccc(CCNS(C)(=O)=O)s1. The van der Waals surface area contributed by atoms with Crippen molar-refractivity contribution in [2.75, 3.05) is 27.0 Å². The fourth-order valence-corrected chi connectivity index (χ4v) is 2.67. The second-order valence-corrected chi connectivity index (χ2v) is 6.67. The fraction of sp³-hybridized carbons (Fsp3) is 0.500. The third-order valence-electron chi connectivity index (χ3n) is 2.17. The predicted molar refractivity (Wildman–Crippen MR) is 70.0 cm³/mol. The minimum Gasteiger partial charge on any atom is -0.274 e. The van der Waals surface area contributed by atoms with E-state index in [0.29, 0.717) is 17.8 Å². The van der Waals surface area contributed by atoms with Gasteiger partial charge in [0, 0.05) is 18.5 Å². The first-order valence-corrected chi connectivity index (χ1v) is 7.90. The van der Waals surface area contributed by atoms with Crippen LogP contribution in [0.4, 0.5) is 0 Å². The lowest BCUT2D eigenvalue weighted by atomic mass is 10.3. The van der Waals surface area contributed by atoms with Crippen molar-refractivity contribution >= 4 is 27.3 Å². The number of hydrogen-bond acceptors (Lipinski definition) is 5. The zero-order chi connectivity index (χ0) is 13.8. The third kappa shape index (κ3) is 4.73. The van der Waals surface area contributed by atoms with Crippen molar-refractivity contribution in [1.82, 2.24) is 9.79 Å². The second-order valence-electron chi connectivity index (χ2n) is 3.67. The Balaban J connectivity index is 2.56. The average molecular weight is 292 g/mol. The quantitative estimate of drug-likeness (QED) is 0.774. The van der Waals surface area contributed by atoms with Crippen molar-refractivity contribution in [1.29, 1.82) is 0 Å². The molecule has 0 radical (unpaired) electrons. The molecule has 1 heterocycles. The highest BCUT2D eigenvalue weighted by Crippen LogP contribution is 2.18. The lowest BCUT2D eigenvalue weighted by molar-refractivity contribution is -0.0753. The number of nitrogens with zero attached hydrogens (tertiary/aromatic N) is 1. The number of hydroxylamine groups is 2. The number of amides is 1. The first kappa shape index (κ1) is 15.1. The maximum Gasteiger partial charge on any atom is 0.287 e. The van der Waals surface area contributed by atoms with Crippen LogP contribution in [0.15, 0.2) is 12.1 Å². The number of hydrogen-bond donors (Lipinski definition) is 1. The van der Waals surface area contributed by atoms with Gasteiger partial charge in [-0.05, 0) is 18.6 Å². The number of sulfonamides is 1. The van der Waals surface area contributed by atoms with Crippen molar-refractivity contribution in [3.63, 3.8) is 0 Å². The number of carbonyl (C=O) groups is 1. The van der Waals surface area contributed by atoms with Crippen LogP contribution < -0.4 is 4.72 Å². The maximum atomic E-state index is 11.7. The molecule has 0 aliphatic rings. The molecule has 6 nitrogen and oxygen atoms in total. The van der Waals surface area contributed by atoms with E-state index in [9.17, 15) is 13.2 Å². The van der Waals surface area contributed by atoms with Crippen LogP contribution in [-0.4, -0.2) is 46.3 Å². The van der Waals surface area contributed by atoms with E-state index < -0.39 is 10.0 Å². The van der Waals surface area contributed by atoms with E-state index >= 15 is 0 Å². The molecule has 8 heteroatoms. The minimum atomic E-state index is -3.16. The summed E-state index contributed by atoms with van der Waals surface area (Å²) in [5.74, 6) is -0.218. The summed E-state index contributed by atoms with van der Waals surface area (Å²) in [6.07, 6.45) is 1.67. The van der Waals surface area contributed by atoms with Crippen molar-refractivity contribution < 1.29 is 18.0 Å². The van der Waals surface area contributed by atoms with Crippen molar-refractivity contribution in [2.24, 2.45) is 0 Å². The van der Waals surface area contributed by atoms with Gasteiger partial charge in [0.1, 0.15) is 0 Å². The van der Waals surface area contributed by atoms with Crippen LogP contribution in [0.3, 0.4) is 0 Å². The number of carbonyl (C=O) groups excluding carboxylic acids is 1. The summed E-state index contributed by atoms with van der Waals surface area (Å²) in [6.45, 7) is 0.326. The molecule has 1 aromatic heterocycles. The van der Waals surface area contributed by atoms with E-state index in [-0.39, 0.29) is 5.91 Å². The van der Waals surface area contributed by atoms with Crippen molar-refractivity contribution in [3.05, 3.63) is 21.9 Å². The molecule has 1 amide bonds. The van der Waals surface area contributed by atoms with Crippen LogP contribution in [0.5, 0.6) is 0 Å². The van der Waals surface area contributed by atoms with E-state index in [1.54, 1.807) is 6.07 Å². The molecule has 0 aliphatic heterocycles. The van der Waals surface area contributed by atoms with Crippen molar-refractivity contribution in [3.8, 4) is 0 Å². The summed E-state index contributed by atoms with van der Waals surface area (Å²) in [4.78, 5) is 18.0. The highest BCUT2D eigenvalue weighted by atomic mass is 32.2. The molecule has 0 saturated carbocycles. The maximum absolute atomic E-state index is 11.7. The second kappa shape index (κ2) is 6.28. The molecular formula is C10H16N2O4S2. The molecule has 0 aromatic carbocycles. The van der Waals surface area contributed by atoms with Gasteiger partial charge < -0.3 is 0 Å². The van der Waals surface area contributed by atoms with Gasteiger partial charge in [0.25, 0.3) is 5.91 Å². The molecule has 1 aromatic rings. The highest BCUT2D eigenvalue weighted by molar-refractivity contribution is 7.88. The minimum absolute atomic E-state index is 0.218. The van der Waals surface area contributed by atoms with Gasteiger partial charge in [-0.25, -0.2) is 18.2 Å². The van der Waals surface area contributed by atoms with E-state index in [4.69, 9.17) is 4.84 Å². The molecule has 0 bridgehead atoms. The number of thiophene rings is 1. The molecule has 0 unspecified atom stereocenters. The van der Waals surface area contributed by atoms with Gasteiger partial charge in [0.15, 0.2) is 0 Å². The van der Waals surface area contributed by atoms with E-state index in [2.05, 4.69) is 4.72 Å². The fourth-order valence-electron chi connectivity index (χ4n) is 1.22. The lowest BCUT2D eigenvalue weighted by Crippen LogP contribution is -2.24. The van der Waals surface area contributed by atoms with Crippen LogP contribution in [-0.2, 0) is 21.3 Å². The highest BCUT2D eigenvalue weighted by Gasteiger charge is 2.13. The van der Waals surface area contributed by atoms with E-state index in [1.807, 2.05) is 6.07 Å². The van der Waals surface area contributed by atoms with Gasteiger partial charge in [-0.2, -0.15) is 0 Å². The lowest BCUT2D eigenvalue weighted by Gasteiger charge is -2.11. The summed E-state index contributed by atoms with van der Waals surface area (Å²) in [7, 11) is -0.208. The summed E-state index contributed by atoms with van der Waals surface area (Å²) < 4.78 is 24.2. The first-order valence-electron chi connectivity index (χ1n) is 5.19. The largest absolute Gasteiger partial charge is 0.287 e. The Morgan fingerprint density at radius 3 is 2.72 bits per heavy atom. The average Bonchev–Trinajstić information content (AvgIpc) is 2.74. The molecule has 102 valence electrons. The molecule has 18 heavy (non-hydrogen) atoms. The Bertz CT molecular complexity index is 510. The van der Waals surface area contributed by atoms with E-state index in [1.165, 1.54) is 25.5 Å². The summed E-state index contributed by atoms with van der Waals surface area (Å²) in [5, 5.41) is 1.14. The zero-order valence-electron chi connectivity index (χ0n) is 10.5. The number of nitrogens with one attached hydrogen (secondary N) is 1. The van der Waals surface area contributed by atoms with Crippen molar-refractivity contribution in [2.45, 2.75) is 6.42 Å². The summed E-state index contributed by atoms with van der Waals surface area (Å²) >= 11 is 1.33. The van der Waals surface area contributed by atoms with Gasteiger partial charge in [-0.3, -0.25) is 9.63 Å². The number of rotatable bonds is 6. The monoisotopic (exact) mass is 292 g/mol. The van der Waals surface area contributed by atoms with Gasteiger partial charge in [-0.1, -0.05) is 0 Å². The van der Waals surface area contributed by atoms with Crippen LogP contribution in [0, 0.1) is 0 Å². The zero-order valence-corrected chi connectivity index (χ0v) is 12.1. The van der Waals surface area contributed by atoms with Crippen LogP contribution >= 0.6 is 11.3 Å². The molecule has 0 saturated heterocycles. The molecule has 0 spiro atoms. The summed E-state index contributed by atoms with van der Waals surface area (Å²) in [6, 6.07) is 3.52. The van der Waals surface area contributed by atoms with Gasteiger partial charge >= 0.3 is 0 Å². The standard InChI is InChI=1S/C10H16N2O4S2/c1-12(16-2)10(13)9-5-4-8(17-9)6-7-11-18(3,14)15/h4-5,11H,6-7H2,1-3H3. The van der Waals surface area contributed by atoms with Crippen LogP contribution in [0.2, 0.25) is 0 Å². The molecule has 1 N–H and O–H groups in total. The Hall–Kier alpha value is -0.960. The first-order chi connectivity index (χ1) is 8.33. The Morgan fingerprint density at radius 2 is 2.17 bits per heavy atom. The molecule has 0 fully saturated rings. The third-order valence-corrected chi connectivity index (χ3v) is 4.03. The molecular weight excluding hydrogens is 276 g/mol. The Kier molecular flexibility index (Phi) is 5.27. The molecule has 1 rings (SSSR count). The predicted octanol–water partition coefficient (Wildman–Crippen LogP) is 0.473. The van der Waals surface area contributed by atoms with Crippen LogP contribution in [0.1, 0.15) is 14.5 Å². The summed E-state index contributed by atoms with van der Waals surface area (Å²) in [5.41, 5.74) is 0. The Labute approximate surface area is 111 Å². The van der Waals surface area contributed by atoms with E-state index in [0.717, 1.165) is 16.2 Å². The van der Waals surface area contributed by atoms with Gasteiger partial charge in [-0.15, -0.1) is 11.3 Å². The topological polar surface area (TPSA) is 75.7 Å². The molecule has 0 atom stereocenters. The van der Waals surface area contributed by atoms with Gasteiger partial charge in [0.2, 0.25) is 10.0 Å². The Morgan fingerprint density at radius 1 is 1.50 bits per heavy atom. The van der Waals surface area contributed by atoms with Gasteiger partial charge in [0.05, 0.1) is 18.2 Å². The molecule has 0 aliphatic carbocycles. The van der Waals surface area contributed by atoms with Crippen LogP contribution in [0.25, 0.3) is 0 Å². The smallest absolute Gasteiger partial charge is 0.274 e. The normalized spacial score (nSPS) is 11.5.